The summed E-state index contributed by atoms with van der Waals surface area (Å²) in [6, 6.07) is 0. The summed E-state index contributed by atoms with van der Waals surface area (Å²) in [5.41, 5.74) is 6.14. The van der Waals surface area contributed by atoms with Gasteiger partial charge in [-0.15, -0.1) is 0 Å². The molecule has 9 heteroatoms. The van der Waals surface area contributed by atoms with Crippen molar-refractivity contribution in [3.05, 3.63) is 0 Å². The van der Waals surface area contributed by atoms with Crippen molar-refractivity contribution < 1.29 is 34.7 Å². The van der Waals surface area contributed by atoms with Crippen LogP contribution >= 0.6 is 0 Å². The Bertz CT molecular complexity index is 725. The third-order valence-electron chi connectivity index (χ3n) is 9.41. The molecule has 3 rings (SSSR count). The molecule has 3 fully saturated rings. The van der Waals surface area contributed by atoms with Gasteiger partial charge in [0.1, 0.15) is 11.9 Å². The number of Topliss-reactive ketones (excluding diaryl/α,β-unsaturated/α-hetero) is 1. The first-order valence-electron chi connectivity index (χ1n) is 15.5. The maximum absolute atomic E-state index is 13.6. The number of piperidine rings is 1. The van der Waals surface area contributed by atoms with E-state index < -0.39 is 36.4 Å². The number of aliphatic hydroxyl groups excluding tert-OH is 4. The fourth-order valence-corrected chi connectivity index (χ4v) is 6.97. The summed E-state index contributed by atoms with van der Waals surface area (Å²) < 4.78 is 11.3. The quantitative estimate of drug-likeness (QED) is 0.189. The number of hydrogen-bond acceptors (Lipinski definition) is 9. The maximum Gasteiger partial charge on any atom is 0.138 e. The molecule has 0 aromatic rings. The molecular formula is C30H56N2O7. The lowest BCUT2D eigenvalue weighted by Crippen LogP contribution is -2.46. The minimum absolute atomic E-state index is 0.0748. The second kappa shape index (κ2) is 16.1. The van der Waals surface area contributed by atoms with Crippen molar-refractivity contribution in [1.82, 2.24) is 5.32 Å². The summed E-state index contributed by atoms with van der Waals surface area (Å²) in [6.07, 6.45) is 4.68. The fraction of sp³-hybridized carbons (Fsp3) is 0.967. The van der Waals surface area contributed by atoms with Crippen molar-refractivity contribution in [3.63, 3.8) is 0 Å². The Morgan fingerprint density at radius 1 is 0.949 bits per heavy atom. The SMILES string of the molecule is COC1CC(CC[C@@H](O)[C@@H](CC2CCNC(N)C2)C(=O)CCC2CC(O)C(O)C(OCC(C)C)C2)CCC1O. The Hall–Kier alpha value is -0.650. The van der Waals surface area contributed by atoms with Gasteiger partial charge >= 0.3 is 0 Å². The van der Waals surface area contributed by atoms with E-state index >= 15 is 0 Å². The van der Waals surface area contributed by atoms with Crippen LogP contribution in [0.4, 0.5) is 0 Å². The predicted octanol–water partition coefficient (Wildman–Crippen LogP) is 2.12. The van der Waals surface area contributed by atoms with Crippen LogP contribution in [0.1, 0.15) is 90.9 Å². The molecule has 3 aliphatic rings. The van der Waals surface area contributed by atoms with Crippen molar-refractivity contribution >= 4 is 5.78 Å². The van der Waals surface area contributed by atoms with Crippen LogP contribution in [0.5, 0.6) is 0 Å². The van der Waals surface area contributed by atoms with E-state index in [1.165, 1.54) is 0 Å². The molecule has 0 radical (unpaired) electrons. The van der Waals surface area contributed by atoms with Gasteiger partial charge in [-0.1, -0.05) is 13.8 Å². The van der Waals surface area contributed by atoms with Gasteiger partial charge in [-0.2, -0.15) is 0 Å². The average molecular weight is 557 g/mol. The third kappa shape index (κ3) is 10.3. The number of ketones is 1. The van der Waals surface area contributed by atoms with E-state index in [9.17, 15) is 25.2 Å². The van der Waals surface area contributed by atoms with E-state index in [1.807, 2.05) is 0 Å². The predicted molar refractivity (Wildman–Crippen MR) is 150 cm³/mol. The van der Waals surface area contributed by atoms with Crippen LogP contribution in [-0.2, 0) is 14.3 Å². The fourth-order valence-electron chi connectivity index (χ4n) is 6.97. The van der Waals surface area contributed by atoms with Gasteiger partial charge in [0.05, 0.1) is 36.7 Å². The maximum atomic E-state index is 13.6. The van der Waals surface area contributed by atoms with Crippen molar-refractivity contribution in [2.75, 3.05) is 20.3 Å². The summed E-state index contributed by atoms with van der Waals surface area (Å²) >= 11 is 0. The van der Waals surface area contributed by atoms with Crippen LogP contribution in [0.15, 0.2) is 0 Å². The zero-order chi connectivity index (χ0) is 28.5. The molecular weight excluding hydrogens is 500 g/mol. The number of nitrogens with two attached hydrogens (primary N) is 1. The molecule has 0 aromatic heterocycles. The van der Waals surface area contributed by atoms with Gasteiger partial charge in [0, 0.05) is 26.1 Å². The largest absolute Gasteiger partial charge is 0.392 e. The second-order valence-electron chi connectivity index (χ2n) is 13.1. The minimum Gasteiger partial charge on any atom is -0.392 e. The molecule has 0 amide bonds. The first-order chi connectivity index (χ1) is 18.6. The number of methoxy groups -OCH3 is 1. The van der Waals surface area contributed by atoms with Crippen LogP contribution in [0.2, 0.25) is 0 Å². The number of nitrogens with one attached hydrogen (secondary N) is 1. The molecule has 7 N–H and O–H groups in total. The monoisotopic (exact) mass is 556 g/mol. The molecule has 39 heavy (non-hydrogen) atoms. The summed E-state index contributed by atoms with van der Waals surface area (Å²) in [4.78, 5) is 13.6. The highest BCUT2D eigenvalue weighted by atomic mass is 16.5. The molecule has 1 heterocycles. The standard InChI is InChI=1S/C30H56N2O7/c1-18(2)17-39-28-15-20(13-26(36)30(28)37)6-8-24(34)22(12-21-10-11-32-29(31)16-21)23(33)7-4-19-5-9-25(35)27(14-19)38-3/h18-23,25-30,32-33,35-37H,4-17,31H2,1-3H3/t19?,20?,21?,22-,23-,25?,26?,27?,28?,29?,30?/m1/s1. The van der Waals surface area contributed by atoms with Crippen molar-refractivity contribution in [1.29, 1.82) is 0 Å². The molecule has 2 saturated carbocycles. The van der Waals surface area contributed by atoms with Gasteiger partial charge in [-0.05, 0) is 101 Å². The number of rotatable bonds is 14. The second-order valence-corrected chi connectivity index (χ2v) is 13.1. The highest BCUT2D eigenvalue weighted by molar-refractivity contribution is 5.81. The molecule has 1 aliphatic heterocycles. The molecule has 228 valence electrons. The first kappa shape index (κ1) is 32.9. The molecule has 2 aliphatic carbocycles. The molecule has 11 atom stereocenters. The van der Waals surface area contributed by atoms with Gasteiger partial charge in [-0.3, -0.25) is 4.79 Å². The van der Waals surface area contributed by atoms with Crippen LogP contribution in [0.25, 0.3) is 0 Å². The molecule has 0 spiro atoms. The highest BCUT2D eigenvalue weighted by Gasteiger charge is 2.38. The van der Waals surface area contributed by atoms with Crippen LogP contribution < -0.4 is 11.1 Å². The van der Waals surface area contributed by atoms with Crippen molar-refractivity contribution in [2.24, 2.45) is 35.3 Å². The summed E-state index contributed by atoms with van der Waals surface area (Å²) in [5, 5.41) is 45.6. The van der Waals surface area contributed by atoms with E-state index in [0.717, 1.165) is 38.6 Å². The molecule has 1 saturated heterocycles. The Morgan fingerprint density at radius 2 is 1.69 bits per heavy atom. The Labute approximate surface area is 235 Å². The van der Waals surface area contributed by atoms with E-state index in [4.69, 9.17) is 15.2 Å². The van der Waals surface area contributed by atoms with Crippen LogP contribution in [-0.4, -0.2) is 89.3 Å². The number of carbonyl (C=O) groups excluding carboxylic acids is 1. The number of aliphatic hydroxyl groups is 4. The van der Waals surface area contributed by atoms with Crippen LogP contribution in [0.3, 0.4) is 0 Å². The van der Waals surface area contributed by atoms with Crippen molar-refractivity contribution in [3.8, 4) is 0 Å². The normalized spacial score (nSPS) is 37.5. The smallest absolute Gasteiger partial charge is 0.138 e. The zero-order valence-corrected chi connectivity index (χ0v) is 24.4. The molecule has 9 unspecified atom stereocenters. The van der Waals surface area contributed by atoms with E-state index in [-0.39, 0.29) is 24.0 Å². The Kier molecular flexibility index (Phi) is 13.6. The third-order valence-corrected chi connectivity index (χ3v) is 9.41. The Morgan fingerprint density at radius 3 is 2.38 bits per heavy atom. The van der Waals surface area contributed by atoms with Gasteiger partial charge in [0.25, 0.3) is 0 Å². The van der Waals surface area contributed by atoms with Gasteiger partial charge in [0.2, 0.25) is 0 Å². The van der Waals surface area contributed by atoms with E-state index in [2.05, 4.69) is 19.2 Å². The highest BCUT2D eigenvalue weighted by Crippen LogP contribution is 2.35. The summed E-state index contributed by atoms with van der Waals surface area (Å²) in [6.45, 7) is 5.45. The number of carbonyl (C=O) groups is 1. The lowest BCUT2D eigenvalue weighted by atomic mass is 9.76. The van der Waals surface area contributed by atoms with Gasteiger partial charge in [-0.25, -0.2) is 0 Å². The van der Waals surface area contributed by atoms with Gasteiger partial charge < -0.3 is 41.0 Å². The average Bonchev–Trinajstić information content (AvgIpc) is 2.90. The summed E-state index contributed by atoms with van der Waals surface area (Å²) in [5.74, 6) is 0.750. The summed E-state index contributed by atoms with van der Waals surface area (Å²) in [7, 11) is 1.63. The van der Waals surface area contributed by atoms with Gasteiger partial charge in [0.15, 0.2) is 0 Å². The first-order valence-corrected chi connectivity index (χ1v) is 15.5. The lowest BCUT2D eigenvalue weighted by Gasteiger charge is -2.37. The topological polar surface area (TPSA) is 154 Å². The minimum atomic E-state index is -0.895. The number of hydrogen-bond donors (Lipinski definition) is 6. The van der Waals surface area contributed by atoms with Crippen molar-refractivity contribution in [2.45, 2.75) is 134 Å². The zero-order valence-electron chi connectivity index (χ0n) is 24.4. The Balaban J connectivity index is 1.57. The van der Waals surface area contributed by atoms with E-state index in [1.54, 1.807) is 7.11 Å². The van der Waals surface area contributed by atoms with Crippen LogP contribution in [0, 0.1) is 29.6 Å². The van der Waals surface area contributed by atoms with E-state index in [0.29, 0.717) is 69.3 Å². The lowest BCUT2D eigenvalue weighted by molar-refractivity contribution is -0.135. The molecule has 9 nitrogen and oxygen atoms in total. The number of ether oxygens (including phenoxy) is 2. The molecule has 0 bridgehead atoms. The molecule has 0 aromatic carbocycles.